The van der Waals surface area contributed by atoms with E-state index in [9.17, 15) is 14.9 Å². The van der Waals surface area contributed by atoms with Crippen molar-refractivity contribution in [2.45, 2.75) is 25.7 Å². The third-order valence-electron chi connectivity index (χ3n) is 4.95. The SMILES string of the molecule is O=C(CN1CCN(c2ncccc2[N+](=O)[O-])CC1)N1CCCCCC1. The van der Waals surface area contributed by atoms with Crippen LogP contribution >= 0.6 is 0 Å². The molecule has 2 fully saturated rings. The Morgan fingerprint density at radius 1 is 1.08 bits per heavy atom. The van der Waals surface area contributed by atoms with E-state index in [1.54, 1.807) is 12.3 Å². The molecular weight excluding hydrogens is 322 g/mol. The smallest absolute Gasteiger partial charge is 0.311 e. The number of rotatable bonds is 4. The van der Waals surface area contributed by atoms with E-state index < -0.39 is 4.92 Å². The Balaban J connectivity index is 1.53. The molecule has 0 spiro atoms. The van der Waals surface area contributed by atoms with E-state index in [2.05, 4.69) is 9.88 Å². The summed E-state index contributed by atoms with van der Waals surface area (Å²) in [5.41, 5.74) is 0.0385. The van der Waals surface area contributed by atoms with Crippen molar-refractivity contribution in [3.8, 4) is 0 Å². The largest absolute Gasteiger partial charge is 0.348 e. The second-order valence-corrected chi connectivity index (χ2v) is 6.66. The first-order chi connectivity index (χ1) is 12.1. The summed E-state index contributed by atoms with van der Waals surface area (Å²) in [5.74, 6) is 0.630. The van der Waals surface area contributed by atoms with Crippen LogP contribution in [0.2, 0.25) is 0 Å². The van der Waals surface area contributed by atoms with Crippen molar-refractivity contribution in [1.82, 2.24) is 14.8 Å². The average molecular weight is 347 g/mol. The van der Waals surface area contributed by atoms with E-state index in [0.717, 1.165) is 25.9 Å². The number of anilines is 1. The van der Waals surface area contributed by atoms with Crippen molar-refractivity contribution in [3.05, 3.63) is 28.4 Å². The van der Waals surface area contributed by atoms with Gasteiger partial charge < -0.3 is 9.80 Å². The number of pyridine rings is 1. The Kier molecular flexibility index (Phi) is 5.80. The number of nitrogens with zero attached hydrogens (tertiary/aromatic N) is 5. The Morgan fingerprint density at radius 3 is 2.40 bits per heavy atom. The molecule has 0 N–H and O–H groups in total. The summed E-state index contributed by atoms with van der Waals surface area (Å²) in [4.78, 5) is 33.5. The zero-order valence-corrected chi connectivity index (χ0v) is 14.5. The lowest BCUT2D eigenvalue weighted by Gasteiger charge is -2.35. The summed E-state index contributed by atoms with van der Waals surface area (Å²) in [6.07, 6.45) is 6.21. The Hall–Kier alpha value is -2.22. The number of aromatic nitrogens is 1. The lowest BCUT2D eigenvalue weighted by Crippen LogP contribution is -2.50. The molecule has 0 unspecified atom stereocenters. The minimum atomic E-state index is -0.391. The van der Waals surface area contributed by atoms with E-state index in [1.165, 1.54) is 18.9 Å². The van der Waals surface area contributed by atoms with Gasteiger partial charge in [-0.15, -0.1) is 0 Å². The lowest BCUT2D eigenvalue weighted by atomic mass is 10.2. The van der Waals surface area contributed by atoms with Gasteiger partial charge in [0.2, 0.25) is 11.7 Å². The van der Waals surface area contributed by atoms with Crippen LogP contribution in [0.3, 0.4) is 0 Å². The number of hydrogen-bond donors (Lipinski definition) is 0. The van der Waals surface area contributed by atoms with Gasteiger partial charge in [-0.3, -0.25) is 19.8 Å². The highest BCUT2D eigenvalue weighted by Gasteiger charge is 2.26. The number of hydrogen-bond acceptors (Lipinski definition) is 6. The number of nitro groups is 1. The minimum absolute atomic E-state index is 0.0385. The van der Waals surface area contributed by atoms with Gasteiger partial charge in [0.25, 0.3) is 0 Å². The van der Waals surface area contributed by atoms with Gasteiger partial charge >= 0.3 is 5.69 Å². The maximum absolute atomic E-state index is 12.5. The van der Waals surface area contributed by atoms with Gasteiger partial charge in [-0.1, -0.05) is 12.8 Å². The third-order valence-corrected chi connectivity index (χ3v) is 4.95. The van der Waals surface area contributed by atoms with E-state index in [0.29, 0.717) is 38.5 Å². The fraction of sp³-hybridized carbons (Fsp3) is 0.647. The first kappa shape index (κ1) is 17.6. The topological polar surface area (TPSA) is 82.8 Å². The van der Waals surface area contributed by atoms with Crippen molar-refractivity contribution >= 4 is 17.4 Å². The Labute approximate surface area is 147 Å². The number of carbonyl (C=O) groups is 1. The van der Waals surface area contributed by atoms with Crippen molar-refractivity contribution < 1.29 is 9.72 Å². The molecule has 2 saturated heterocycles. The second-order valence-electron chi connectivity index (χ2n) is 6.66. The van der Waals surface area contributed by atoms with Gasteiger partial charge in [-0.25, -0.2) is 4.98 Å². The molecule has 3 rings (SSSR count). The summed E-state index contributed by atoms with van der Waals surface area (Å²) in [5, 5.41) is 11.2. The van der Waals surface area contributed by atoms with Gasteiger partial charge in [0.05, 0.1) is 11.5 Å². The van der Waals surface area contributed by atoms with Gasteiger partial charge in [-0.2, -0.15) is 0 Å². The fourth-order valence-corrected chi connectivity index (χ4v) is 3.50. The maximum atomic E-state index is 12.5. The second kappa shape index (κ2) is 8.24. The molecule has 0 aliphatic carbocycles. The van der Waals surface area contributed by atoms with Crippen molar-refractivity contribution in [1.29, 1.82) is 0 Å². The van der Waals surface area contributed by atoms with E-state index >= 15 is 0 Å². The van der Waals surface area contributed by atoms with Crippen LogP contribution in [0.25, 0.3) is 0 Å². The van der Waals surface area contributed by atoms with Gasteiger partial charge in [0.15, 0.2) is 0 Å². The number of likely N-dealkylation sites (tertiary alicyclic amines) is 1. The molecule has 8 nitrogen and oxygen atoms in total. The normalized spacial score (nSPS) is 19.5. The van der Waals surface area contributed by atoms with Crippen molar-refractivity contribution in [2.75, 3.05) is 50.7 Å². The van der Waals surface area contributed by atoms with E-state index in [-0.39, 0.29) is 11.6 Å². The standard InChI is InChI=1S/C17H25N5O3/c23-16(20-8-3-1-2-4-9-20)14-19-10-12-21(13-11-19)17-15(22(24)25)6-5-7-18-17/h5-7H,1-4,8-14H2. The van der Waals surface area contributed by atoms with Gasteiger partial charge in [-0.05, 0) is 18.9 Å². The molecule has 3 heterocycles. The molecular formula is C17H25N5O3. The molecule has 2 aliphatic heterocycles. The number of piperazine rings is 1. The molecule has 1 aromatic heterocycles. The molecule has 1 aromatic rings. The fourth-order valence-electron chi connectivity index (χ4n) is 3.50. The molecule has 0 radical (unpaired) electrons. The summed E-state index contributed by atoms with van der Waals surface area (Å²) in [7, 11) is 0. The van der Waals surface area contributed by atoms with Crippen LogP contribution in [0, 0.1) is 10.1 Å². The molecule has 0 atom stereocenters. The minimum Gasteiger partial charge on any atom is -0.348 e. The molecule has 0 saturated carbocycles. The van der Waals surface area contributed by atoms with Gasteiger partial charge in [0.1, 0.15) is 0 Å². The summed E-state index contributed by atoms with van der Waals surface area (Å²) < 4.78 is 0. The number of carbonyl (C=O) groups excluding carboxylic acids is 1. The summed E-state index contributed by atoms with van der Waals surface area (Å²) in [6.45, 7) is 4.91. The average Bonchev–Trinajstić information content (AvgIpc) is 2.92. The van der Waals surface area contributed by atoms with Crippen LogP contribution in [-0.2, 0) is 4.79 Å². The molecule has 0 aromatic carbocycles. The first-order valence-electron chi connectivity index (χ1n) is 8.99. The maximum Gasteiger partial charge on any atom is 0.311 e. The van der Waals surface area contributed by atoms with Crippen molar-refractivity contribution in [3.63, 3.8) is 0 Å². The van der Waals surface area contributed by atoms with Crippen molar-refractivity contribution in [2.24, 2.45) is 0 Å². The lowest BCUT2D eigenvalue weighted by molar-refractivity contribution is -0.384. The number of amides is 1. The third kappa shape index (κ3) is 4.45. The quantitative estimate of drug-likeness (QED) is 0.606. The molecule has 2 aliphatic rings. The highest BCUT2D eigenvalue weighted by molar-refractivity contribution is 5.78. The van der Waals surface area contributed by atoms with Crippen LogP contribution < -0.4 is 4.90 Å². The molecule has 136 valence electrons. The predicted molar refractivity (Wildman–Crippen MR) is 94.6 cm³/mol. The zero-order valence-electron chi connectivity index (χ0n) is 14.5. The van der Waals surface area contributed by atoms with Crippen LogP contribution in [0.5, 0.6) is 0 Å². The highest BCUT2D eigenvalue weighted by Crippen LogP contribution is 2.25. The molecule has 0 bridgehead atoms. The predicted octanol–water partition coefficient (Wildman–Crippen LogP) is 1.51. The molecule has 1 amide bonds. The van der Waals surface area contributed by atoms with Crippen LogP contribution in [-0.4, -0.2) is 71.4 Å². The molecule has 25 heavy (non-hydrogen) atoms. The summed E-state index contributed by atoms with van der Waals surface area (Å²) >= 11 is 0. The highest BCUT2D eigenvalue weighted by atomic mass is 16.6. The van der Waals surface area contributed by atoms with Crippen LogP contribution in [0.15, 0.2) is 18.3 Å². The first-order valence-corrected chi connectivity index (χ1v) is 8.99. The Bertz CT molecular complexity index is 608. The van der Waals surface area contributed by atoms with E-state index in [4.69, 9.17) is 0 Å². The van der Waals surface area contributed by atoms with Crippen LogP contribution in [0.4, 0.5) is 11.5 Å². The molecule has 8 heteroatoms. The monoisotopic (exact) mass is 347 g/mol. The zero-order chi connectivity index (χ0) is 17.6. The summed E-state index contributed by atoms with van der Waals surface area (Å²) in [6, 6.07) is 3.06. The Morgan fingerprint density at radius 2 is 1.76 bits per heavy atom. The van der Waals surface area contributed by atoms with Gasteiger partial charge in [0, 0.05) is 51.5 Å². The van der Waals surface area contributed by atoms with E-state index in [1.807, 2.05) is 9.80 Å². The van der Waals surface area contributed by atoms with Crippen LogP contribution in [0.1, 0.15) is 25.7 Å².